The monoisotopic (exact) mass is 963 g/mol. The maximum atomic E-state index is 14.0. The van der Waals surface area contributed by atoms with Gasteiger partial charge in [0.05, 0.1) is 61.8 Å². The summed E-state index contributed by atoms with van der Waals surface area (Å²) in [5.74, 6) is 1.05. The molecule has 2 atom stereocenters. The first-order chi connectivity index (χ1) is 34.1. The molecule has 0 aromatic heterocycles. The van der Waals surface area contributed by atoms with Crippen LogP contribution >= 0.6 is 11.8 Å². The number of hydrogen-bond donors (Lipinski definition) is 0. The second-order valence-electron chi connectivity index (χ2n) is 17.3. The fourth-order valence-electron chi connectivity index (χ4n) is 9.31. The predicted molar refractivity (Wildman–Crippen MR) is 262 cm³/mol. The molecule has 1 saturated heterocycles. The fourth-order valence-corrected chi connectivity index (χ4v) is 10.2. The van der Waals surface area contributed by atoms with Crippen LogP contribution in [0.3, 0.4) is 0 Å². The number of amides is 4. The molecule has 358 valence electrons. The van der Waals surface area contributed by atoms with Crippen molar-refractivity contribution < 1.29 is 52.5 Å². The molecule has 0 saturated carbocycles. The van der Waals surface area contributed by atoms with Crippen LogP contribution in [0, 0.1) is 0 Å². The molecule has 0 N–H and O–H groups in total. The van der Waals surface area contributed by atoms with Gasteiger partial charge < -0.3 is 28.5 Å². The van der Waals surface area contributed by atoms with E-state index in [2.05, 4.69) is 12.1 Å². The summed E-state index contributed by atoms with van der Waals surface area (Å²) in [4.78, 5) is 81.7. The van der Waals surface area contributed by atoms with Crippen LogP contribution in [0.4, 0.5) is 22.7 Å². The van der Waals surface area contributed by atoms with Crippen molar-refractivity contribution in [3.8, 4) is 23.0 Å². The third-order valence-electron chi connectivity index (χ3n) is 12.7. The molecule has 0 aliphatic carbocycles. The van der Waals surface area contributed by atoms with Crippen LogP contribution in [-0.2, 0) is 55.8 Å². The second-order valence-corrected chi connectivity index (χ2v) is 18.4. The number of ether oxygens (including phenoxy) is 5. The topological polar surface area (TPSA) is 175 Å². The van der Waals surface area contributed by atoms with Crippen LogP contribution < -0.4 is 28.7 Å². The maximum absolute atomic E-state index is 14.0. The van der Waals surface area contributed by atoms with Crippen molar-refractivity contribution in [2.45, 2.75) is 69.6 Å². The summed E-state index contributed by atoms with van der Waals surface area (Å²) in [6.45, 7) is 0.831. The first-order valence-corrected chi connectivity index (χ1v) is 24.3. The number of fused-ring (bicyclic) bond motifs is 8. The molecule has 1 fully saturated rings. The summed E-state index contributed by atoms with van der Waals surface area (Å²) < 4.78 is 30.2. The molecule has 10 rings (SSSR count). The lowest BCUT2D eigenvalue weighted by atomic mass is 10.1. The quantitative estimate of drug-likeness (QED) is 0.0611. The molecule has 0 radical (unpaired) electrons. The Morgan fingerprint density at radius 1 is 0.643 bits per heavy atom. The molecule has 16 nitrogen and oxygen atoms in total. The predicted octanol–water partition coefficient (Wildman–Crippen LogP) is 8.07. The van der Waals surface area contributed by atoms with Gasteiger partial charge in [0.15, 0.2) is 23.0 Å². The Morgan fingerprint density at radius 3 is 1.69 bits per heavy atom. The fraction of sp³-hybridized carbons (Fsp3) is 0.302. The molecule has 0 unspecified atom stereocenters. The third-order valence-corrected chi connectivity index (χ3v) is 13.8. The normalized spacial score (nSPS) is 17.3. The van der Waals surface area contributed by atoms with E-state index in [1.807, 2.05) is 67.0 Å². The molecule has 5 heterocycles. The number of nitrogens with zero attached hydrogens (tertiary/aromatic N) is 5. The van der Waals surface area contributed by atoms with E-state index in [1.165, 1.54) is 0 Å². The molecule has 17 heteroatoms. The number of carbonyl (C=O) groups is 5. The minimum absolute atomic E-state index is 0.0361. The SMILES string of the molecule is COc1cc2c(cc1OCc1cc(COc3cc4c(cc3OC)C(=O)N3c5ccccc5C[C@H]3C=N4)cc(CSCCCOCCC(=O)ON3C(=O)CCC3=O)c1)N=C[C@@H]1Cc3ccccc3N1C2=O. The van der Waals surface area contributed by atoms with E-state index in [9.17, 15) is 24.0 Å². The zero-order valence-electron chi connectivity index (χ0n) is 38.6. The average molecular weight is 964 g/mol. The van der Waals surface area contributed by atoms with Gasteiger partial charge in [-0.15, -0.1) is 5.06 Å². The van der Waals surface area contributed by atoms with Gasteiger partial charge in [-0.25, -0.2) is 4.79 Å². The number of thioether (sulfide) groups is 1. The molecule has 5 aliphatic rings. The van der Waals surface area contributed by atoms with Crippen molar-refractivity contribution in [2.24, 2.45) is 9.98 Å². The van der Waals surface area contributed by atoms with Crippen LogP contribution in [0.1, 0.15) is 74.2 Å². The van der Waals surface area contributed by atoms with Crippen molar-refractivity contribution in [3.63, 3.8) is 0 Å². The Morgan fingerprint density at radius 2 is 1.16 bits per heavy atom. The lowest BCUT2D eigenvalue weighted by Gasteiger charge is -2.22. The Hall–Kier alpha value is -7.50. The van der Waals surface area contributed by atoms with Gasteiger partial charge in [0, 0.05) is 74.0 Å². The van der Waals surface area contributed by atoms with E-state index in [-0.39, 0.29) is 63.0 Å². The number of methoxy groups -OCH3 is 2. The number of imide groups is 1. The molecular weight excluding hydrogens is 915 g/mol. The van der Waals surface area contributed by atoms with E-state index in [4.69, 9.17) is 38.5 Å². The van der Waals surface area contributed by atoms with Gasteiger partial charge in [-0.05, 0) is 70.3 Å². The lowest BCUT2D eigenvalue weighted by Crippen LogP contribution is -2.37. The summed E-state index contributed by atoms with van der Waals surface area (Å²) >= 11 is 1.71. The zero-order chi connectivity index (χ0) is 48.3. The van der Waals surface area contributed by atoms with Crippen LogP contribution in [0.2, 0.25) is 0 Å². The third kappa shape index (κ3) is 9.46. The number of para-hydroxylation sites is 2. The maximum Gasteiger partial charge on any atom is 0.335 e. The van der Waals surface area contributed by atoms with E-state index in [0.29, 0.717) is 82.2 Å². The van der Waals surface area contributed by atoms with Gasteiger partial charge in [-0.1, -0.05) is 48.5 Å². The van der Waals surface area contributed by atoms with E-state index in [1.54, 1.807) is 60.0 Å². The number of hydroxylamine groups is 2. The molecule has 4 amide bonds. The molecule has 5 aromatic carbocycles. The molecule has 0 spiro atoms. The zero-order valence-corrected chi connectivity index (χ0v) is 39.4. The first kappa shape index (κ1) is 46.2. The highest BCUT2D eigenvalue weighted by molar-refractivity contribution is 7.98. The highest BCUT2D eigenvalue weighted by atomic mass is 32.2. The van der Waals surface area contributed by atoms with Gasteiger partial charge in [0.2, 0.25) is 0 Å². The number of anilines is 2. The molecule has 70 heavy (non-hydrogen) atoms. The second kappa shape index (κ2) is 20.2. The number of hydrogen-bond acceptors (Lipinski definition) is 14. The van der Waals surface area contributed by atoms with Crippen LogP contribution in [0.5, 0.6) is 23.0 Å². The number of rotatable bonds is 18. The highest BCUT2D eigenvalue weighted by Gasteiger charge is 2.38. The van der Waals surface area contributed by atoms with Gasteiger partial charge in [-0.2, -0.15) is 11.8 Å². The summed E-state index contributed by atoms with van der Waals surface area (Å²) in [6, 6.07) is 28.5. The van der Waals surface area contributed by atoms with Crippen LogP contribution in [0.15, 0.2) is 101 Å². The summed E-state index contributed by atoms with van der Waals surface area (Å²) in [6.07, 6.45) is 5.71. The Bertz CT molecular complexity index is 2800. The van der Waals surface area contributed by atoms with Gasteiger partial charge >= 0.3 is 5.97 Å². The van der Waals surface area contributed by atoms with Crippen LogP contribution in [-0.4, -0.2) is 92.4 Å². The van der Waals surface area contributed by atoms with E-state index in [0.717, 1.165) is 44.9 Å². The van der Waals surface area contributed by atoms with Gasteiger partial charge in [0.1, 0.15) is 13.2 Å². The lowest BCUT2D eigenvalue weighted by molar-refractivity contribution is -0.198. The minimum atomic E-state index is -0.701. The van der Waals surface area contributed by atoms with Crippen molar-refractivity contribution in [1.82, 2.24) is 5.06 Å². The van der Waals surface area contributed by atoms with E-state index < -0.39 is 17.8 Å². The number of benzene rings is 5. The number of aliphatic imine (C=N–C) groups is 2. The summed E-state index contributed by atoms with van der Waals surface area (Å²) in [5, 5.41) is 0.537. The first-order valence-electron chi connectivity index (χ1n) is 23.1. The van der Waals surface area contributed by atoms with Gasteiger partial charge in [-0.3, -0.25) is 39.0 Å². The van der Waals surface area contributed by atoms with Crippen molar-refractivity contribution in [3.05, 3.63) is 130 Å². The Balaban J connectivity index is 0.830. The molecule has 5 aliphatic heterocycles. The largest absolute Gasteiger partial charge is 0.493 e. The molecule has 5 aromatic rings. The van der Waals surface area contributed by atoms with Crippen LogP contribution in [0.25, 0.3) is 0 Å². The van der Waals surface area contributed by atoms with Crippen molar-refractivity contribution in [1.29, 1.82) is 0 Å². The van der Waals surface area contributed by atoms with Gasteiger partial charge in [0.25, 0.3) is 23.6 Å². The summed E-state index contributed by atoms with van der Waals surface area (Å²) in [7, 11) is 3.09. The standard InChI is InChI=1S/C53H49N5O11S/c1-64-45-23-39-41(54-27-37-21-35-8-3-5-10-43(35)56(37)52(39)62)25-47(45)67-29-32-18-33(20-34(19-32)31-70-17-7-15-66-16-14-51(61)69-58-49(59)12-13-50(58)60)30-68-48-26-42-40(24-46(48)65-2)53(63)57-38(28-55-42)22-36-9-4-6-11-44(36)57/h3-6,8-11,18-20,23-28,37-38H,7,12-17,21-22,29-31H2,1-2H3/t37-,38-/m0/s1. The van der Waals surface area contributed by atoms with Crippen molar-refractivity contribution in [2.75, 3.05) is 43.0 Å². The smallest absolute Gasteiger partial charge is 0.335 e. The Labute approximate surface area is 408 Å². The Kier molecular flexibility index (Phi) is 13.4. The number of carbonyl (C=O) groups excluding carboxylic acids is 5. The minimum Gasteiger partial charge on any atom is -0.493 e. The highest BCUT2D eigenvalue weighted by Crippen LogP contribution is 2.43. The summed E-state index contributed by atoms with van der Waals surface area (Å²) in [5.41, 5.74) is 8.55. The molecule has 0 bridgehead atoms. The van der Waals surface area contributed by atoms with E-state index >= 15 is 0 Å². The van der Waals surface area contributed by atoms with Crippen molar-refractivity contribution >= 4 is 76.5 Å². The average Bonchev–Trinajstić information content (AvgIpc) is 3.99. The molecular formula is C53H49N5O11S.